The Kier molecular flexibility index (Phi) is 3.43. The summed E-state index contributed by atoms with van der Waals surface area (Å²) >= 11 is 0. The highest BCUT2D eigenvalue weighted by atomic mass is 19.1. The van der Waals surface area contributed by atoms with E-state index >= 15 is 4.39 Å². The van der Waals surface area contributed by atoms with Crippen LogP contribution in [0.15, 0.2) is 48.5 Å². The molecular formula is C15H15F2N. The molecule has 18 heavy (non-hydrogen) atoms. The fourth-order valence-corrected chi connectivity index (χ4v) is 2.11. The minimum atomic E-state index is -1.85. The van der Waals surface area contributed by atoms with Crippen LogP contribution in [-0.2, 0) is 5.67 Å². The monoisotopic (exact) mass is 247 g/mol. The molecule has 0 saturated heterocycles. The third-order valence-electron chi connectivity index (χ3n) is 3.14. The molecule has 0 aliphatic rings. The van der Waals surface area contributed by atoms with Gasteiger partial charge < -0.3 is 5.73 Å². The number of rotatable bonds is 3. The van der Waals surface area contributed by atoms with E-state index in [-0.39, 0.29) is 12.1 Å². The lowest BCUT2D eigenvalue weighted by Gasteiger charge is -2.26. The number of aryl methyl sites for hydroxylation is 1. The van der Waals surface area contributed by atoms with E-state index in [0.29, 0.717) is 11.1 Å². The third-order valence-corrected chi connectivity index (χ3v) is 3.14. The molecule has 0 saturated carbocycles. The average molecular weight is 247 g/mol. The highest BCUT2D eigenvalue weighted by Crippen LogP contribution is 2.35. The Labute approximate surface area is 105 Å². The molecule has 2 rings (SSSR count). The number of alkyl halides is 1. The van der Waals surface area contributed by atoms with Crippen molar-refractivity contribution in [2.75, 3.05) is 6.54 Å². The van der Waals surface area contributed by atoms with Crippen molar-refractivity contribution in [2.24, 2.45) is 5.73 Å². The first-order valence-corrected chi connectivity index (χ1v) is 5.79. The highest BCUT2D eigenvalue weighted by molar-refractivity contribution is 5.41. The second-order valence-electron chi connectivity index (χ2n) is 4.33. The molecule has 2 N–H and O–H groups in total. The fourth-order valence-electron chi connectivity index (χ4n) is 2.11. The molecule has 3 heteroatoms. The molecule has 0 aliphatic heterocycles. The SMILES string of the molecule is Cc1ccc(F)cc1C(F)(CN)c1ccccc1. The van der Waals surface area contributed by atoms with E-state index in [9.17, 15) is 4.39 Å². The summed E-state index contributed by atoms with van der Waals surface area (Å²) < 4.78 is 28.5. The Bertz CT molecular complexity index is 539. The van der Waals surface area contributed by atoms with Crippen molar-refractivity contribution >= 4 is 0 Å². The summed E-state index contributed by atoms with van der Waals surface area (Å²) in [6, 6.07) is 12.7. The van der Waals surface area contributed by atoms with Gasteiger partial charge in [-0.05, 0) is 30.2 Å². The summed E-state index contributed by atoms with van der Waals surface area (Å²) in [5.74, 6) is -0.456. The second-order valence-corrected chi connectivity index (χ2v) is 4.33. The zero-order valence-corrected chi connectivity index (χ0v) is 10.2. The molecule has 0 heterocycles. The second kappa shape index (κ2) is 4.86. The maximum atomic E-state index is 15.1. The lowest BCUT2D eigenvalue weighted by Crippen LogP contribution is -2.32. The molecule has 2 aromatic rings. The average Bonchev–Trinajstić information content (AvgIpc) is 2.41. The van der Waals surface area contributed by atoms with Crippen LogP contribution in [0.1, 0.15) is 16.7 Å². The van der Waals surface area contributed by atoms with Gasteiger partial charge in [0, 0.05) is 12.1 Å². The molecule has 0 aliphatic carbocycles. The van der Waals surface area contributed by atoms with E-state index < -0.39 is 11.5 Å². The summed E-state index contributed by atoms with van der Waals surface area (Å²) in [4.78, 5) is 0. The fraction of sp³-hybridized carbons (Fsp3) is 0.200. The summed E-state index contributed by atoms with van der Waals surface area (Å²) in [6.45, 7) is 1.53. The van der Waals surface area contributed by atoms with Crippen molar-refractivity contribution in [3.63, 3.8) is 0 Å². The minimum Gasteiger partial charge on any atom is -0.327 e. The zero-order valence-electron chi connectivity index (χ0n) is 10.2. The van der Waals surface area contributed by atoms with Gasteiger partial charge in [-0.15, -0.1) is 0 Å². The van der Waals surface area contributed by atoms with E-state index in [0.717, 1.165) is 0 Å². The van der Waals surface area contributed by atoms with E-state index in [1.807, 2.05) is 0 Å². The molecule has 1 unspecified atom stereocenters. The Balaban J connectivity index is 2.60. The van der Waals surface area contributed by atoms with Gasteiger partial charge in [0.05, 0.1) is 0 Å². The number of nitrogens with two attached hydrogens (primary N) is 1. The first kappa shape index (κ1) is 12.7. The minimum absolute atomic E-state index is 0.221. The molecule has 0 fully saturated rings. The quantitative estimate of drug-likeness (QED) is 0.884. The Morgan fingerprint density at radius 3 is 2.39 bits per heavy atom. The van der Waals surface area contributed by atoms with Gasteiger partial charge in [0.2, 0.25) is 0 Å². The predicted molar refractivity (Wildman–Crippen MR) is 68.5 cm³/mol. The van der Waals surface area contributed by atoms with Crippen LogP contribution in [-0.4, -0.2) is 6.54 Å². The predicted octanol–water partition coefficient (Wildman–Crippen LogP) is 3.31. The van der Waals surface area contributed by atoms with Gasteiger partial charge in [-0.25, -0.2) is 8.78 Å². The van der Waals surface area contributed by atoms with Crippen molar-refractivity contribution in [2.45, 2.75) is 12.6 Å². The van der Waals surface area contributed by atoms with Crippen molar-refractivity contribution in [3.05, 3.63) is 71.0 Å². The molecule has 0 aromatic heterocycles. The van der Waals surface area contributed by atoms with Crippen LogP contribution < -0.4 is 5.73 Å². The van der Waals surface area contributed by atoms with E-state index in [4.69, 9.17) is 5.73 Å². The summed E-state index contributed by atoms with van der Waals surface area (Å²) in [5.41, 5.74) is 5.16. The largest absolute Gasteiger partial charge is 0.327 e. The van der Waals surface area contributed by atoms with E-state index in [1.54, 1.807) is 43.3 Å². The third kappa shape index (κ3) is 2.14. The molecule has 1 nitrogen and oxygen atoms in total. The highest BCUT2D eigenvalue weighted by Gasteiger charge is 2.34. The molecular weight excluding hydrogens is 232 g/mol. The molecule has 0 amide bonds. The Hall–Kier alpha value is -1.74. The zero-order chi connectivity index (χ0) is 13.2. The van der Waals surface area contributed by atoms with Gasteiger partial charge in [0.25, 0.3) is 0 Å². The van der Waals surface area contributed by atoms with Crippen molar-refractivity contribution in [1.82, 2.24) is 0 Å². The van der Waals surface area contributed by atoms with Crippen molar-refractivity contribution < 1.29 is 8.78 Å². The summed E-state index contributed by atoms with van der Waals surface area (Å²) in [6.07, 6.45) is 0. The van der Waals surface area contributed by atoms with Crippen LogP contribution in [0.3, 0.4) is 0 Å². The maximum Gasteiger partial charge on any atom is 0.173 e. The Morgan fingerprint density at radius 1 is 1.11 bits per heavy atom. The van der Waals surface area contributed by atoms with Crippen molar-refractivity contribution in [1.29, 1.82) is 0 Å². The van der Waals surface area contributed by atoms with Gasteiger partial charge in [0.1, 0.15) is 5.82 Å². The van der Waals surface area contributed by atoms with Crippen LogP contribution in [0.25, 0.3) is 0 Å². The normalized spacial score (nSPS) is 14.2. The maximum absolute atomic E-state index is 15.1. The topological polar surface area (TPSA) is 26.0 Å². The number of halogens is 2. The van der Waals surface area contributed by atoms with Gasteiger partial charge in [-0.3, -0.25) is 0 Å². The van der Waals surface area contributed by atoms with Crippen LogP contribution in [0.2, 0.25) is 0 Å². The number of benzene rings is 2. The van der Waals surface area contributed by atoms with Gasteiger partial charge in [0.15, 0.2) is 5.67 Å². The van der Waals surface area contributed by atoms with E-state index in [2.05, 4.69) is 0 Å². The molecule has 0 bridgehead atoms. The number of hydrogen-bond acceptors (Lipinski definition) is 1. The lowest BCUT2D eigenvalue weighted by atomic mass is 9.85. The van der Waals surface area contributed by atoms with Crippen LogP contribution in [0, 0.1) is 12.7 Å². The molecule has 0 spiro atoms. The lowest BCUT2D eigenvalue weighted by molar-refractivity contribution is 0.231. The first-order chi connectivity index (χ1) is 8.58. The molecule has 2 aromatic carbocycles. The van der Waals surface area contributed by atoms with Gasteiger partial charge in [-0.1, -0.05) is 36.4 Å². The van der Waals surface area contributed by atoms with Gasteiger partial charge >= 0.3 is 0 Å². The van der Waals surface area contributed by atoms with Crippen LogP contribution in [0.5, 0.6) is 0 Å². The number of hydrogen-bond donors (Lipinski definition) is 1. The molecule has 1 atom stereocenters. The van der Waals surface area contributed by atoms with Crippen LogP contribution in [0.4, 0.5) is 8.78 Å². The smallest absolute Gasteiger partial charge is 0.173 e. The van der Waals surface area contributed by atoms with E-state index in [1.165, 1.54) is 12.1 Å². The Morgan fingerprint density at radius 2 is 1.78 bits per heavy atom. The van der Waals surface area contributed by atoms with Crippen LogP contribution >= 0.6 is 0 Å². The first-order valence-electron chi connectivity index (χ1n) is 5.79. The summed E-state index contributed by atoms with van der Waals surface area (Å²) in [7, 11) is 0. The molecule has 0 radical (unpaired) electrons. The standard InChI is InChI=1S/C15H15F2N/c1-11-7-8-13(16)9-14(11)15(17,10-18)12-5-3-2-4-6-12/h2-9H,10,18H2,1H3. The molecule has 94 valence electrons. The van der Waals surface area contributed by atoms with Crippen molar-refractivity contribution in [3.8, 4) is 0 Å². The summed E-state index contributed by atoms with van der Waals surface area (Å²) in [5, 5.41) is 0. The van der Waals surface area contributed by atoms with Gasteiger partial charge in [-0.2, -0.15) is 0 Å².